The molecule has 0 aromatic heterocycles. The van der Waals surface area contributed by atoms with E-state index in [9.17, 15) is 4.79 Å². The van der Waals surface area contributed by atoms with Gasteiger partial charge in [-0.15, -0.1) is 0 Å². The molecule has 18 heavy (non-hydrogen) atoms. The van der Waals surface area contributed by atoms with Crippen LogP contribution in [0.2, 0.25) is 0 Å². The third-order valence-corrected chi connectivity index (χ3v) is 4.33. The third kappa shape index (κ3) is 4.73. The molecule has 0 saturated heterocycles. The van der Waals surface area contributed by atoms with Gasteiger partial charge in [0.05, 0.1) is 0 Å². The fraction of sp³-hybridized carbons (Fsp3) is 0.500. The van der Waals surface area contributed by atoms with Crippen molar-refractivity contribution in [3.63, 3.8) is 0 Å². The first-order valence-electron chi connectivity index (χ1n) is 6.14. The molecule has 0 unspecified atom stereocenters. The second-order valence-corrected chi connectivity index (χ2v) is 6.09. The molecule has 1 aromatic rings. The maximum Gasteiger partial charge on any atom is 0.253 e. The quantitative estimate of drug-likeness (QED) is 0.532. The molecule has 0 atom stereocenters. The molecule has 0 radical (unpaired) electrons. The number of aryl methyl sites for hydroxylation is 1. The van der Waals surface area contributed by atoms with Crippen molar-refractivity contribution in [2.24, 2.45) is 0 Å². The number of amides is 1. The number of carbonyl (C=O) groups is 1. The van der Waals surface area contributed by atoms with Crippen molar-refractivity contribution < 1.29 is 4.79 Å². The lowest BCUT2D eigenvalue weighted by atomic mass is 10.1. The summed E-state index contributed by atoms with van der Waals surface area (Å²) in [5.41, 5.74) is 1.85. The Balaban J connectivity index is 2.54. The van der Waals surface area contributed by atoms with Crippen molar-refractivity contribution in [2.75, 3.05) is 18.9 Å². The first-order chi connectivity index (χ1) is 8.56. The van der Waals surface area contributed by atoms with Crippen molar-refractivity contribution in [1.82, 2.24) is 4.90 Å². The molecular weight excluding hydrogens is 358 g/mol. The molecular formula is C14H19Br2NO. The molecule has 1 amide bonds. The van der Waals surface area contributed by atoms with E-state index >= 15 is 0 Å². The molecule has 0 fully saturated rings. The van der Waals surface area contributed by atoms with Gasteiger partial charge in [0.25, 0.3) is 5.91 Å². The lowest BCUT2D eigenvalue weighted by molar-refractivity contribution is 0.0792. The lowest BCUT2D eigenvalue weighted by Gasteiger charge is -2.17. The number of alkyl halides is 1. The fourth-order valence-corrected chi connectivity index (χ4v) is 2.36. The van der Waals surface area contributed by atoms with Gasteiger partial charge in [0.15, 0.2) is 0 Å². The molecule has 0 N–H and O–H groups in total. The molecule has 0 aliphatic heterocycles. The van der Waals surface area contributed by atoms with Crippen molar-refractivity contribution >= 4 is 37.8 Å². The van der Waals surface area contributed by atoms with Gasteiger partial charge in [0.1, 0.15) is 0 Å². The minimum Gasteiger partial charge on any atom is -0.342 e. The lowest BCUT2D eigenvalue weighted by Crippen LogP contribution is -2.27. The summed E-state index contributed by atoms with van der Waals surface area (Å²) in [4.78, 5) is 14.0. The van der Waals surface area contributed by atoms with Gasteiger partial charge in [-0.25, -0.2) is 0 Å². The van der Waals surface area contributed by atoms with Crippen LogP contribution in [0.15, 0.2) is 22.7 Å². The average Bonchev–Trinajstić information content (AvgIpc) is 2.37. The van der Waals surface area contributed by atoms with Crippen LogP contribution in [0.25, 0.3) is 0 Å². The van der Waals surface area contributed by atoms with Crippen LogP contribution >= 0.6 is 31.9 Å². The number of hydrogen-bond donors (Lipinski definition) is 0. The second kappa shape index (κ2) is 7.95. The Morgan fingerprint density at radius 3 is 2.61 bits per heavy atom. The van der Waals surface area contributed by atoms with Crippen LogP contribution in [-0.4, -0.2) is 29.7 Å². The topological polar surface area (TPSA) is 20.3 Å². The number of nitrogens with zero attached hydrogens (tertiary/aromatic N) is 1. The molecule has 100 valence electrons. The monoisotopic (exact) mass is 375 g/mol. The third-order valence-electron chi connectivity index (χ3n) is 2.88. The summed E-state index contributed by atoms with van der Waals surface area (Å²) < 4.78 is 1.04. The predicted octanol–water partition coefficient (Wildman–Crippen LogP) is 4.39. The van der Waals surface area contributed by atoms with Crippen LogP contribution in [0.4, 0.5) is 0 Å². The van der Waals surface area contributed by atoms with Gasteiger partial charge in [0, 0.05) is 29.0 Å². The highest BCUT2D eigenvalue weighted by atomic mass is 79.9. The van der Waals surface area contributed by atoms with Gasteiger partial charge >= 0.3 is 0 Å². The van der Waals surface area contributed by atoms with E-state index in [1.807, 2.05) is 32.2 Å². The average molecular weight is 377 g/mol. The van der Waals surface area contributed by atoms with E-state index in [2.05, 4.69) is 31.9 Å². The number of benzene rings is 1. The zero-order valence-corrected chi connectivity index (χ0v) is 14.1. The number of hydrogen-bond acceptors (Lipinski definition) is 1. The highest BCUT2D eigenvalue weighted by Gasteiger charge is 2.11. The molecule has 1 aromatic carbocycles. The normalized spacial score (nSPS) is 10.4. The van der Waals surface area contributed by atoms with Gasteiger partial charge in [-0.2, -0.15) is 0 Å². The Bertz CT molecular complexity index is 407. The van der Waals surface area contributed by atoms with Crippen molar-refractivity contribution in [2.45, 2.75) is 26.2 Å². The summed E-state index contributed by atoms with van der Waals surface area (Å²) >= 11 is 6.86. The number of rotatable bonds is 6. The predicted molar refractivity (Wildman–Crippen MR) is 83.5 cm³/mol. The maximum absolute atomic E-state index is 12.2. The molecule has 0 aliphatic carbocycles. The highest BCUT2D eigenvalue weighted by Crippen LogP contribution is 2.18. The van der Waals surface area contributed by atoms with E-state index in [0.717, 1.165) is 40.3 Å². The van der Waals surface area contributed by atoms with Gasteiger partial charge in [0.2, 0.25) is 0 Å². The van der Waals surface area contributed by atoms with Crippen molar-refractivity contribution in [3.8, 4) is 0 Å². The zero-order valence-electron chi connectivity index (χ0n) is 10.9. The number of halogens is 2. The Morgan fingerprint density at radius 2 is 2.00 bits per heavy atom. The van der Waals surface area contributed by atoms with E-state index in [-0.39, 0.29) is 5.91 Å². The summed E-state index contributed by atoms with van der Waals surface area (Å²) in [6.07, 6.45) is 3.38. The summed E-state index contributed by atoms with van der Waals surface area (Å²) in [5.74, 6) is 0.101. The van der Waals surface area contributed by atoms with Gasteiger partial charge in [-0.05, 0) is 43.5 Å². The molecule has 0 bridgehead atoms. The number of unbranched alkanes of at least 4 members (excludes halogenated alkanes) is 2. The largest absolute Gasteiger partial charge is 0.342 e. The molecule has 4 heteroatoms. The van der Waals surface area contributed by atoms with E-state index < -0.39 is 0 Å². The molecule has 0 aliphatic rings. The van der Waals surface area contributed by atoms with Crippen LogP contribution in [0, 0.1) is 6.92 Å². The fourth-order valence-electron chi connectivity index (χ4n) is 1.72. The maximum atomic E-state index is 12.2. The standard InChI is InChI=1S/C14H19Br2NO/c1-11-10-12(6-7-13(11)16)14(18)17(2)9-5-3-4-8-15/h6-7,10H,3-5,8-9H2,1-2H3. The van der Waals surface area contributed by atoms with E-state index in [1.165, 1.54) is 6.42 Å². The molecule has 0 spiro atoms. The first kappa shape index (κ1) is 15.7. The zero-order chi connectivity index (χ0) is 13.5. The van der Waals surface area contributed by atoms with Crippen LogP contribution < -0.4 is 0 Å². The Hall–Kier alpha value is -0.350. The van der Waals surface area contributed by atoms with Crippen molar-refractivity contribution in [1.29, 1.82) is 0 Å². The first-order valence-corrected chi connectivity index (χ1v) is 8.05. The summed E-state index contributed by atoms with van der Waals surface area (Å²) in [7, 11) is 1.87. The smallest absolute Gasteiger partial charge is 0.253 e. The minimum absolute atomic E-state index is 0.101. The Kier molecular flexibility index (Phi) is 6.94. The van der Waals surface area contributed by atoms with E-state index in [0.29, 0.717) is 0 Å². The minimum atomic E-state index is 0.101. The Morgan fingerprint density at radius 1 is 1.28 bits per heavy atom. The van der Waals surface area contributed by atoms with Crippen LogP contribution in [0.3, 0.4) is 0 Å². The van der Waals surface area contributed by atoms with Crippen molar-refractivity contribution in [3.05, 3.63) is 33.8 Å². The summed E-state index contributed by atoms with van der Waals surface area (Å²) in [6.45, 7) is 2.82. The molecule has 0 saturated carbocycles. The molecule has 0 heterocycles. The van der Waals surface area contributed by atoms with Gasteiger partial charge in [-0.3, -0.25) is 4.79 Å². The van der Waals surface area contributed by atoms with Crippen LogP contribution in [-0.2, 0) is 0 Å². The Labute approximate surface area is 126 Å². The van der Waals surface area contributed by atoms with Crippen LogP contribution in [0.1, 0.15) is 35.2 Å². The van der Waals surface area contributed by atoms with E-state index in [4.69, 9.17) is 0 Å². The van der Waals surface area contributed by atoms with Gasteiger partial charge in [-0.1, -0.05) is 38.3 Å². The molecule has 2 nitrogen and oxygen atoms in total. The molecule has 1 rings (SSSR count). The SMILES string of the molecule is Cc1cc(C(=O)N(C)CCCCCBr)ccc1Br. The number of carbonyl (C=O) groups excluding carboxylic acids is 1. The van der Waals surface area contributed by atoms with Crippen LogP contribution in [0.5, 0.6) is 0 Å². The summed E-state index contributed by atoms with van der Waals surface area (Å²) in [6, 6.07) is 5.73. The highest BCUT2D eigenvalue weighted by molar-refractivity contribution is 9.10. The van der Waals surface area contributed by atoms with Gasteiger partial charge < -0.3 is 4.90 Å². The summed E-state index contributed by atoms with van der Waals surface area (Å²) in [5, 5.41) is 1.04. The second-order valence-electron chi connectivity index (χ2n) is 4.44. The van der Waals surface area contributed by atoms with E-state index in [1.54, 1.807) is 4.90 Å².